The van der Waals surface area contributed by atoms with Crippen molar-refractivity contribution >= 4 is 35.1 Å². The lowest BCUT2D eigenvalue weighted by molar-refractivity contribution is -0.142. The average molecular weight is 374 g/mol. The van der Waals surface area contributed by atoms with Crippen LogP contribution >= 0.6 is 23.2 Å². The molecule has 0 radical (unpaired) electrons. The van der Waals surface area contributed by atoms with Gasteiger partial charge in [-0.25, -0.2) is 0 Å². The number of hydrogen-bond donors (Lipinski definition) is 0. The summed E-state index contributed by atoms with van der Waals surface area (Å²) >= 11 is 12.3. The summed E-state index contributed by atoms with van der Waals surface area (Å²) in [7, 11) is 1.33. The second-order valence-corrected chi connectivity index (χ2v) is 6.49. The number of carbonyl (C=O) groups excluding carboxylic acids is 2. The van der Waals surface area contributed by atoms with Gasteiger partial charge in [0.2, 0.25) is 5.91 Å². The molecule has 1 unspecified atom stereocenters. The van der Waals surface area contributed by atoms with Gasteiger partial charge in [0.1, 0.15) is 0 Å². The van der Waals surface area contributed by atoms with E-state index in [0.29, 0.717) is 28.8 Å². The quantitative estimate of drug-likeness (QED) is 0.689. The number of amides is 1. The van der Waals surface area contributed by atoms with Gasteiger partial charge in [-0.2, -0.15) is 0 Å². The van der Waals surface area contributed by atoms with Crippen molar-refractivity contribution in [2.24, 2.45) is 0 Å². The molecule has 1 aliphatic rings. The van der Waals surface area contributed by atoms with Crippen molar-refractivity contribution in [2.45, 2.75) is 31.8 Å². The summed E-state index contributed by atoms with van der Waals surface area (Å²) < 4.78 is 10.3. The van der Waals surface area contributed by atoms with Gasteiger partial charge in [0.25, 0.3) is 0 Å². The molecule has 1 aromatic carbocycles. The minimum Gasteiger partial charge on any atom is -0.469 e. The fraction of sp³-hybridized carbons (Fsp3) is 0.529. The van der Waals surface area contributed by atoms with E-state index in [-0.39, 0.29) is 37.4 Å². The fourth-order valence-corrected chi connectivity index (χ4v) is 3.18. The Kier molecular flexibility index (Phi) is 7.34. The molecule has 1 heterocycles. The van der Waals surface area contributed by atoms with Crippen LogP contribution in [0.25, 0.3) is 0 Å². The third-order valence-corrected chi connectivity index (χ3v) is 4.71. The molecule has 5 nitrogen and oxygen atoms in total. The maximum Gasteiger partial charge on any atom is 0.307 e. The first kappa shape index (κ1) is 19.0. The van der Waals surface area contributed by atoms with Crippen LogP contribution < -0.4 is 0 Å². The zero-order valence-corrected chi connectivity index (χ0v) is 15.1. The van der Waals surface area contributed by atoms with Crippen molar-refractivity contribution in [1.82, 2.24) is 4.90 Å². The second-order valence-electron chi connectivity index (χ2n) is 5.68. The molecule has 0 bridgehead atoms. The third-order valence-electron chi connectivity index (χ3n) is 4.00. The zero-order chi connectivity index (χ0) is 17.5. The summed E-state index contributed by atoms with van der Waals surface area (Å²) in [5.74, 6) is -0.486. The minimum atomic E-state index is -0.351. The molecule has 1 aromatic rings. The van der Waals surface area contributed by atoms with Crippen LogP contribution in [-0.4, -0.2) is 49.7 Å². The van der Waals surface area contributed by atoms with E-state index in [1.165, 1.54) is 7.11 Å². The Morgan fingerprint density at radius 3 is 2.62 bits per heavy atom. The highest BCUT2D eigenvalue weighted by Gasteiger charge is 2.24. The molecular formula is C17H21Cl2NO4. The van der Waals surface area contributed by atoms with Gasteiger partial charge in [-0.15, -0.1) is 0 Å². The van der Waals surface area contributed by atoms with Gasteiger partial charge in [-0.05, 0) is 30.5 Å². The molecule has 0 aromatic heterocycles. The number of methoxy groups -OCH3 is 1. The smallest absolute Gasteiger partial charge is 0.307 e. The highest BCUT2D eigenvalue weighted by atomic mass is 35.5. The predicted octanol–water partition coefficient (Wildman–Crippen LogP) is 3.11. The normalized spacial score (nSPS) is 16.9. The zero-order valence-electron chi connectivity index (χ0n) is 13.6. The number of halogens is 2. The van der Waals surface area contributed by atoms with Crippen molar-refractivity contribution in [3.8, 4) is 0 Å². The molecule has 0 saturated carbocycles. The van der Waals surface area contributed by atoms with E-state index in [2.05, 4.69) is 4.74 Å². The minimum absolute atomic E-state index is 0.00770. The number of nitrogens with zero attached hydrogens (tertiary/aromatic N) is 1. The molecule has 0 spiro atoms. The molecular weight excluding hydrogens is 353 g/mol. The van der Waals surface area contributed by atoms with E-state index in [9.17, 15) is 9.59 Å². The van der Waals surface area contributed by atoms with E-state index in [1.807, 2.05) is 0 Å². The number of esters is 1. The Morgan fingerprint density at radius 2 is 2.04 bits per heavy atom. The lowest BCUT2D eigenvalue weighted by atomic mass is 10.1. The van der Waals surface area contributed by atoms with Gasteiger partial charge in [-0.1, -0.05) is 29.3 Å². The number of rotatable bonds is 7. The van der Waals surface area contributed by atoms with Gasteiger partial charge in [-0.3, -0.25) is 9.59 Å². The molecule has 1 saturated heterocycles. The summed E-state index contributed by atoms with van der Waals surface area (Å²) in [5.41, 5.74) is 0.598. The summed E-state index contributed by atoms with van der Waals surface area (Å²) in [6.07, 6.45) is 2.14. The molecule has 24 heavy (non-hydrogen) atoms. The largest absolute Gasteiger partial charge is 0.469 e. The van der Waals surface area contributed by atoms with Crippen LogP contribution in [-0.2, 0) is 25.5 Å². The summed E-state index contributed by atoms with van der Waals surface area (Å²) in [5, 5.41) is 0.918. The molecule has 132 valence electrons. The van der Waals surface area contributed by atoms with Gasteiger partial charge in [0.15, 0.2) is 0 Å². The van der Waals surface area contributed by atoms with E-state index in [0.717, 1.165) is 12.8 Å². The van der Waals surface area contributed by atoms with Crippen molar-refractivity contribution in [3.05, 3.63) is 33.8 Å². The monoisotopic (exact) mass is 373 g/mol. The Bertz CT molecular complexity index is 568. The maximum atomic E-state index is 12.7. The molecule has 2 rings (SSSR count). The summed E-state index contributed by atoms with van der Waals surface area (Å²) in [6.45, 7) is 1.45. The molecule has 0 aliphatic carbocycles. The van der Waals surface area contributed by atoms with Crippen molar-refractivity contribution in [1.29, 1.82) is 0 Å². The topological polar surface area (TPSA) is 55.8 Å². The summed E-state index contributed by atoms with van der Waals surface area (Å²) in [6, 6.07) is 5.14. The lowest BCUT2D eigenvalue weighted by Gasteiger charge is -2.25. The molecule has 1 atom stereocenters. The Morgan fingerprint density at radius 1 is 1.33 bits per heavy atom. The van der Waals surface area contributed by atoms with Crippen molar-refractivity contribution in [3.63, 3.8) is 0 Å². The number of carbonyl (C=O) groups is 2. The molecule has 0 N–H and O–H groups in total. The van der Waals surface area contributed by atoms with E-state index >= 15 is 0 Å². The van der Waals surface area contributed by atoms with E-state index < -0.39 is 0 Å². The Balaban J connectivity index is 2.05. The van der Waals surface area contributed by atoms with Crippen LogP contribution in [0.2, 0.25) is 10.0 Å². The molecule has 1 aliphatic heterocycles. The third kappa shape index (κ3) is 5.36. The molecule has 1 fully saturated rings. The highest BCUT2D eigenvalue weighted by molar-refractivity contribution is 6.36. The van der Waals surface area contributed by atoms with E-state index in [1.54, 1.807) is 23.1 Å². The number of benzene rings is 1. The van der Waals surface area contributed by atoms with Crippen LogP contribution in [0.15, 0.2) is 18.2 Å². The SMILES string of the molecule is COC(=O)CCN(CC1CCCO1)C(=O)Cc1c(Cl)cccc1Cl. The van der Waals surface area contributed by atoms with Crippen LogP contribution in [0.4, 0.5) is 0 Å². The van der Waals surface area contributed by atoms with Crippen molar-refractivity contribution < 1.29 is 19.1 Å². The van der Waals surface area contributed by atoms with Crippen LogP contribution in [0.3, 0.4) is 0 Å². The summed E-state index contributed by atoms with van der Waals surface area (Å²) in [4.78, 5) is 25.7. The lowest BCUT2D eigenvalue weighted by Crippen LogP contribution is -2.39. The van der Waals surface area contributed by atoms with Gasteiger partial charge in [0.05, 0.1) is 26.1 Å². The molecule has 7 heteroatoms. The van der Waals surface area contributed by atoms with Gasteiger partial charge in [0, 0.05) is 29.7 Å². The standard InChI is InChI=1S/C17H21Cl2NO4/c1-23-17(22)7-8-20(11-12-4-3-9-24-12)16(21)10-13-14(18)5-2-6-15(13)19/h2,5-6,12H,3-4,7-11H2,1H3. The Labute approximate surface area is 151 Å². The van der Waals surface area contributed by atoms with Gasteiger partial charge >= 0.3 is 5.97 Å². The van der Waals surface area contributed by atoms with Crippen LogP contribution in [0.1, 0.15) is 24.8 Å². The first-order valence-electron chi connectivity index (χ1n) is 7.90. The fourth-order valence-electron chi connectivity index (χ4n) is 2.64. The number of ether oxygens (including phenoxy) is 2. The first-order chi connectivity index (χ1) is 11.5. The second kappa shape index (κ2) is 9.25. The number of hydrogen-bond acceptors (Lipinski definition) is 4. The molecule has 1 amide bonds. The maximum absolute atomic E-state index is 12.7. The predicted molar refractivity (Wildman–Crippen MR) is 92.4 cm³/mol. The average Bonchev–Trinajstić information content (AvgIpc) is 3.07. The van der Waals surface area contributed by atoms with Crippen molar-refractivity contribution in [2.75, 3.05) is 26.8 Å². The Hall–Kier alpha value is -1.30. The van der Waals surface area contributed by atoms with Crippen LogP contribution in [0.5, 0.6) is 0 Å². The highest BCUT2D eigenvalue weighted by Crippen LogP contribution is 2.25. The van der Waals surface area contributed by atoms with Crippen LogP contribution in [0, 0.1) is 0 Å². The van der Waals surface area contributed by atoms with Gasteiger partial charge < -0.3 is 14.4 Å². The van der Waals surface area contributed by atoms with E-state index in [4.69, 9.17) is 27.9 Å². The first-order valence-corrected chi connectivity index (χ1v) is 8.66.